The number of anilines is 1. The molecule has 3 aromatic rings. The standard InChI is InChI=1S/C21H18ClN3O4S/c1-29-17-10-6-15(7-11-17)14-23-24-21(26)19-4-2-3-5-20(19)25-30(27,28)18-12-8-16(22)9-13-18/h2-14,25H,1H3,(H,24,26). The molecule has 0 saturated carbocycles. The Morgan fingerprint density at radius 3 is 2.33 bits per heavy atom. The molecule has 3 aromatic carbocycles. The predicted octanol–water partition coefficient (Wildman–Crippen LogP) is 3.91. The number of methoxy groups -OCH3 is 1. The van der Waals surface area contributed by atoms with E-state index in [9.17, 15) is 13.2 Å². The van der Waals surface area contributed by atoms with E-state index >= 15 is 0 Å². The number of amides is 1. The van der Waals surface area contributed by atoms with Crippen LogP contribution in [0.25, 0.3) is 0 Å². The molecule has 0 spiro atoms. The molecule has 154 valence electrons. The van der Waals surface area contributed by atoms with Crippen LogP contribution in [0.3, 0.4) is 0 Å². The van der Waals surface area contributed by atoms with Gasteiger partial charge in [-0.3, -0.25) is 9.52 Å². The predicted molar refractivity (Wildman–Crippen MR) is 117 cm³/mol. The van der Waals surface area contributed by atoms with Crippen LogP contribution in [0.1, 0.15) is 15.9 Å². The Kier molecular flexibility index (Phi) is 6.71. The molecule has 0 unspecified atom stereocenters. The summed E-state index contributed by atoms with van der Waals surface area (Å²) in [5.41, 5.74) is 3.41. The summed E-state index contributed by atoms with van der Waals surface area (Å²) in [5.74, 6) is 0.146. The maximum Gasteiger partial charge on any atom is 0.273 e. The second-order valence-electron chi connectivity index (χ2n) is 6.08. The van der Waals surface area contributed by atoms with Crippen molar-refractivity contribution < 1.29 is 17.9 Å². The molecule has 0 fully saturated rings. The van der Waals surface area contributed by atoms with Gasteiger partial charge in [0, 0.05) is 5.02 Å². The Morgan fingerprint density at radius 1 is 1.00 bits per heavy atom. The minimum atomic E-state index is -3.90. The smallest absolute Gasteiger partial charge is 0.273 e. The highest BCUT2D eigenvalue weighted by atomic mass is 35.5. The van der Waals surface area contributed by atoms with Crippen LogP contribution in [0.15, 0.2) is 82.8 Å². The number of nitrogens with one attached hydrogen (secondary N) is 2. The van der Waals surface area contributed by atoms with Crippen molar-refractivity contribution in [3.63, 3.8) is 0 Å². The number of nitrogens with zero attached hydrogens (tertiary/aromatic N) is 1. The molecule has 0 aromatic heterocycles. The Labute approximate surface area is 179 Å². The monoisotopic (exact) mass is 443 g/mol. The third kappa shape index (κ3) is 5.37. The molecule has 1 amide bonds. The average Bonchev–Trinajstić information content (AvgIpc) is 2.74. The molecule has 0 saturated heterocycles. The number of hydrogen-bond acceptors (Lipinski definition) is 5. The molecule has 2 N–H and O–H groups in total. The number of carbonyl (C=O) groups is 1. The molecule has 0 atom stereocenters. The van der Waals surface area contributed by atoms with Crippen LogP contribution >= 0.6 is 11.6 Å². The van der Waals surface area contributed by atoms with E-state index in [-0.39, 0.29) is 16.1 Å². The highest BCUT2D eigenvalue weighted by Crippen LogP contribution is 2.21. The van der Waals surface area contributed by atoms with Crippen molar-refractivity contribution in [3.8, 4) is 5.75 Å². The third-order valence-electron chi connectivity index (χ3n) is 4.04. The summed E-state index contributed by atoms with van der Waals surface area (Å²) in [6.45, 7) is 0. The Bertz CT molecular complexity index is 1160. The number of hydrogen-bond donors (Lipinski definition) is 2. The summed E-state index contributed by atoms with van der Waals surface area (Å²) in [6, 6.07) is 19.1. The van der Waals surface area contributed by atoms with Gasteiger partial charge in [-0.1, -0.05) is 23.7 Å². The van der Waals surface area contributed by atoms with Gasteiger partial charge < -0.3 is 4.74 Å². The van der Waals surface area contributed by atoms with Crippen molar-refractivity contribution in [3.05, 3.63) is 88.9 Å². The van der Waals surface area contributed by atoms with Crippen molar-refractivity contribution in [2.24, 2.45) is 5.10 Å². The third-order valence-corrected chi connectivity index (χ3v) is 5.67. The van der Waals surface area contributed by atoms with Crippen LogP contribution in [0, 0.1) is 0 Å². The van der Waals surface area contributed by atoms with Crippen molar-refractivity contribution in [1.82, 2.24) is 5.43 Å². The molecule has 0 radical (unpaired) electrons. The zero-order valence-corrected chi connectivity index (χ0v) is 17.4. The lowest BCUT2D eigenvalue weighted by Gasteiger charge is -2.11. The van der Waals surface area contributed by atoms with E-state index in [2.05, 4.69) is 15.2 Å². The summed E-state index contributed by atoms with van der Waals surface area (Å²) in [4.78, 5) is 12.6. The Balaban J connectivity index is 1.74. The van der Waals surface area contributed by atoms with Gasteiger partial charge in [-0.05, 0) is 66.2 Å². The van der Waals surface area contributed by atoms with Gasteiger partial charge >= 0.3 is 0 Å². The number of rotatable bonds is 7. The Hall–Kier alpha value is -3.36. The average molecular weight is 444 g/mol. The zero-order valence-electron chi connectivity index (χ0n) is 15.9. The summed E-state index contributed by atoms with van der Waals surface area (Å²) < 4.78 is 32.7. The molecule has 0 aliphatic heterocycles. The van der Waals surface area contributed by atoms with Crippen molar-refractivity contribution in [1.29, 1.82) is 0 Å². The van der Waals surface area contributed by atoms with Crippen LogP contribution in [0.5, 0.6) is 5.75 Å². The minimum Gasteiger partial charge on any atom is -0.497 e. The first-order chi connectivity index (χ1) is 14.4. The van der Waals surface area contributed by atoms with E-state index in [1.807, 2.05) is 0 Å². The molecular weight excluding hydrogens is 426 g/mol. The van der Waals surface area contributed by atoms with Gasteiger partial charge in [0.1, 0.15) is 5.75 Å². The lowest BCUT2D eigenvalue weighted by atomic mass is 10.2. The maximum absolute atomic E-state index is 12.6. The molecule has 7 nitrogen and oxygen atoms in total. The van der Waals surface area contributed by atoms with Gasteiger partial charge in [-0.15, -0.1) is 0 Å². The number of halogens is 1. The fourth-order valence-electron chi connectivity index (χ4n) is 2.50. The van der Waals surface area contributed by atoms with Gasteiger partial charge in [0.05, 0.1) is 29.5 Å². The normalized spacial score (nSPS) is 11.3. The molecule has 0 bridgehead atoms. The van der Waals surface area contributed by atoms with Crippen LogP contribution < -0.4 is 14.9 Å². The maximum atomic E-state index is 12.6. The fourth-order valence-corrected chi connectivity index (χ4v) is 3.71. The van der Waals surface area contributed by atoms with E-state index in [4.69, 9.17) is 16.3 Å². The topological polar surface area (TPSA) is 96.9 Å². The van der Waals surface area contributed by atoms with Crippen LogP contribution in [0.2, 0.25) is 5.02 Å². The number of hydrazone groups is 1. The van der Waals surface area contributed by atoms with Gasteiger partial charge in [-0.25, -0.2) is 13.8 Å². The molecular formula is C21H18ClN3O4S. The van der Waals surface area contributed by atoms with Gasteiger partial charge in [0.25, 0.3) is 15.9 Å². The first-order valence-electron chi connectivity index (χ1n) is 8.74. The van der Waals surface area contributed by atoms with E-state index in [1.165, 1.54) is 42.6 Å². The number of sulfonamides is 1. The van der Waals surface area contributed by atoms with Crippen LogP contribution in [0.4, 0.5) is 5.69 Å². The molecule has 0 heterocycles. The molecule has 0 aliphatic rings. The van der Waals surface area contributed by atoms with Crippen molar-refractivity contribution in [2.45, 2.75) is 4.90 Å². The summed E-state index contributed by atoms with van der Waals surface area (Å²) in [6.07, 6.45) is 1.47. The van der Waals surface area contributed by atoms with E-state index in [1.54, 1.807) is 43.5 Å². The lowest BCUT2D eigenvalue weighted by Crippen LogP contribution is -2.21. The number of para-hydroxylation sites is 1. The first kappa shape index (κ1) is 21.4. The Morgan fingerprint density at radius 2 is 1.67 bits per heavy atom. The quantitative estimate of drug-likeness (QED) is 0.427. The lowest BCUT2D eigenvalue weighted by molar-refractivity contribution is 0.0956. The molecule has 0 aliphatic carbocycles. The highest BCUT2D eigenvalue weighted by Gasteiger charge is 2.18. The fraction of sp³-hybridized carbons (Fsp3) is 0.0476. The van der Waals surface area contributed by atoms with Crippen molar-refractivity contribution >= 4 is 39.4 Å². The summed E-state index contributed by atoms with van der Waals surface area (Å²) >= 11 is 5.81. The molecule has 3 rings (SSSR count). The number of ether oxygens (including phenoxy) is 1. The highest BCUT2D eigenvalue weighted by molar-refractivity contribution is 7.92. The van der Waals surface area contributed by atoms with Crippen LogP contribution in [-0.4, -0.2) is 27.6 Å². The minimum absolute atomic E-state index is 0.0274. The van der Waals surface area contributed by atoms with E-state index in [0.717, 1.165) is 5.56 Å². The second kappa shape index (κ2) is 9.43. The molecule has 30 heavy (non-hydrogen) atoms. The first-order valence-corrected chi connectivity index (χ1v) is 10.6. The SMILES string of the molecule is COc1ccc(C=NNC(=O)c2ccccc2NS(=O)(=O)c2ccc(Cl)cc2)cc1. The second-order valence-corrected chi connectivity index (χ2v) is 8.20. The largest absolute Gasteiger partial charge is 0.497 e. The van der Waals surface area contributed by atoms with Crippen molar-refractivity contribution in [2.75, 3.05) is 11.8 Å². The van der Waals surface area contributed by atoms with E-state index in [0.29, 0.717) is 10.8 Å². The zero-order chi connectivity index (χ0) is 21.6. The number of carbonyl (C=O) groups excluding carboxylic acids is 1. The van der Waals surface area contributed by atoms with Gasteiger partial charge in [0.15, 0.2) is 0 Å². The van der Waals surface area contributed by atoms with Crippen LogP contribution in [-0.2, 0) is 10.0 Å². The summed E-state index contributed by atoms with van der Waals surface area (Å²) in [5, 5.41) is 4.34. The number of benzene rings is 3. The van der Waals surface area contributed by atoms with E-state index < -0.39 is 15.9 Å². The molecule has 9 heteroatoms. The van der Waals surface area contributed by atoms with Gasteiger partial charge in [0.2, 0.25) is 0 Å². The summed E-state index contributed by atoms with van der Waals surface area (Å²) in [7, 11) is -2.32. The van der Waals surface area contributed by atoms with Gasteiger partial charge in [-0.2, -0.15) is 5.10 Å².